The average Bonchev–Trinajstić information content (AvgIpc) is 3.64. The van der Waals surface area contributed by atoms with Gasteiger partial charge < -0.3 is 31.2 Å². The second-order valence-corrected chi connectivity index (χ2v) is 12.6. The zero-order valence-electron chi connectivity index (χ0n) is 25.3. The van der Waals surface area contributed by atoms with Crippen LogP contribution in [-0.2, 0) is 23.9 Å². The number of anilines is 2. The summed E-state index contributed by atoms with van der Waals surface area (Å²) in [6, 6.07) is 6.49. The van der Waals surface area contributed by atoms with Crippen molar-refractivity contribution in [3.63, 3.8) is 0 Å². The number of carbonyl (C=O) groups is 5. The predicted molar refractivity (Wildman–Crippen MR) is 170 cm³/mol. The van der Waals surface area contributed by atoms with E-state index in [1.807, 2.05) is 0 Å². The zero-order chi connectivity index (χ0) is 33.2. The van der Waals surface area contributed by atoms with Crippen molar-refractivity contribution < 1.29 is 37.8 Å². The molecule has 2 aliphatic heterocycles. The minimum atomic E-state index is -0.934. The monoisotopic (exact) mass is 680 g/mol. The summed E-state index contributed by atoms with van der Waals surface area (Å²) in [5, 5.41) is 2.76. The van der Waals surface area contributed by atoms with E-state index in [0.717, 1.165) is 40.0 Å². The van der Waals surface area contributed by atoms with Gasteiger partial charge in [-0.15, -0.1) is 11.3 Å². The molecule has 2 saturated heterocycles. The smallest absolute Gasteiger partial charge is 0.414 e. The van der Waals surface area contributed by atoms with Gasteiger partial charge in [0.1, 0.15) is 18.5 Å². The molecule has 0 radical (unpaired) electrons. The summed E-state index contributed by atoms with van der Waals surface area (Å²) in [5.41, 5.74) is 11.6. The van der Waals surface area contributed by atoms with E-state index >= 15 is 4.39 Å². The average molecular weight is 681 g/mol. The number of hydrogen-bond acceptors (Lipinski definition) is 10. The first-order chi connectivity index (χ1) is 22.1. The first kappa shape index (κ1) is 35.2. The molecule has 0 spiro atoms. The molecule has 4 rings (SSSR count). The minimum Gasteiger partial charge on any atom is -0.442 e. The number of morpholine rings is 1. The van der Waals surface area contributed by atoms with Crippen molar-refractivity contribution in [3.05, 3.63) is 45.4 Å². The van der Waals surface area contributed by atoms with Crippen LogP contribution >= 0.6 is 22.9 Å². The van der Waals surface area contributed by atoms with Crippen LogP contribution in [0.5, 0.6) is 0 Å². The van der Waals surface area contributed by atoms with Crippen LogP contribution in [0.2, 0.25) is 4.34 Å². The lowest BCUT2D eigenvalue weighted by Gasteiger charge is -2.27. The van der Waals surface area contributed by atoms with Crippen molar-refractivity contribution in [1.29, 1.82) is 0 Å². The summed E-state index contributed by atoms with van der Waals surface area (Å²) >= 11 is 7.03. The SMILES string of the molecule is NCCCC[C@H](N)C(=O)NCCCCC(=O)N(C[C@H]1CN(c2ccc(N3CCOCC3=O)cc2F)C(=O)O1)C(=O)c1ccc(Cl)s1. The fourth-order valence-electron chi connectivity index (χ4n) is 5.07. The molecule has 13 nitrogen and oxygen atoms in total. The van der Waals surface area contributed by atoms with Crippen LogP contribution in [-0.4, -0.2) is 92.7 Å². The van der Waals surface area contributed by atoms with E-state index < -0.39 is 35.9 Å². The lowest BCUT2D eigenvalue weighted by atomic mass is 10.1. The second-order valence-electron chi connectivity index (χ2n) is 10.9. The van der Waals surface area contributed by atoms with Gasteiger partial charge in [-0.1, -0.05) is 18.0 Å². The lowest BCUT2D eigenvalue weighted by molar-refractivity contribution is -0.129. The van der Waals surface area contributed by atoms with Crippen LogP contribution in [0.1, 0.15) is 48.2 Å². The van der Waals surface area contributed by atoms with E-state index in [0.29, 0.717) is 49.0 Å². The first-order valence-corrected chi connectivity index (χ1v) is 16.3. The Bertz CT molecular complexity index is 1430. The molecule has 2 aromatic rings. The third-order valence-electron chi connectivity index (χ3n) is 7.53. The molecule has 46 heavy (non-hydrogen) atoms. The van der Waals surface area contributed by atoms with E-state index in [1.54, 1.807) is 6.07 Å². The Morgan fingerprint density at radius 1 is 1.13 bits per heavy atom. The van der Waals surface area contributed by atoms with E-state index in [9.17, 15) is 24.0 Å². The number of halogens is 2. The van der Waals surface area contributed by atoms with Crippen molar-refractivity contribution >= 4 is 64.0 Å². The minimum absolute atomic E-state index is 0.00992. The number of unbranched alkanes of at least 4 members (excludes halogenated alkanes) is 2. The van der Waals surface area contributed by atoms with Gasteiger partial charge in [0, 0.05) is 25.2 Å². The highest BCUT2D eigenvalue weighted by molar-refractivity contribution is 7.18. The number of rotatable bonds is 15. The Kier molecular flexibility index (Phi) is 12.9. The third-order valence-corrected chi connectivity index (χ3v) is 8.75. The summed E-state index contributed by atoms with van der Waals surface area (Å²) < 4.78 is 26.1. The Labute approximate surface area is 274 Å². The number of carbonyl (C=O) groups excluding carboxylic acids is 5. The van der Waals surface area contributed by atoms with Gasteiger partial charge in [-0.3, -0.25) is 29.0 Å². The fraction of sp³-hybridized carbons (Fsp3) is 0.500. The molecule has 5 N–H and O–H groups in total. The number of cyclic esters (lactones) is 1. The zero-order valence-corrected chi connectivity index (χ0v) is 26.8. The van der Waals surface area contributed by atoms with Gasteiger partial charge in [-0.2, -0.15) is 0 Å². The first-order valence-electron chi connectivity index (χ1n) is 15.1. The molecule has 2 fully saturated rings. The van der Waals surface area contributed by atoms with Crippen LogP contribution < -0.4 is 26.6 Å². The van der Waals surface area contributed by atoms with Crippen molar-refractivity contribution in [1.82, 2.24) is 10.2 Å². The quantitative estimate of drug-likeness (QED) is 0.239. The van der Waals surface area contributed by atoms with E-state index in [-0.39, 0.29) is 55.0 Å². The Balaban J connectivity index is 1.36. The molecular weight excluding hydrogens is 643 g/mol. The van der Waals surface area contributed by atoms with Crippen molar-refractivity contribution in [2.75, 3.05) is 55.7 Å². The molecule has 0 unspecified atom stereocenters. The van der Waals surface area contributed by atoms with E-state index in [4.69, 9.17) is 32.5 Å². The number of ether oxygens (including phenoxy) is 2. The fourth-order valence-corrected chi connectivity index (χ4v) is 6.06. The largest absolute Gasteiger partial charge is 0.442 e. The molecule has 0 aliphatic carbocycles. The Hall–Kier alpha value is -3.63. The van der Waals surface area contributed by atoms with Crippen LogP contribution in [0.4, 0.5) is 20.6 Å². The highest BCUT2D eigenvalue weighted by atomic mass is 35.5. The Morgan fingerprint density at radius 3 is 2.63 bits per heavy atom. The van der Waals surface area contributed by atoms with Gasteiger partial charge in [0.05, 0.1) is 40.6 Å². The highest BCUT2D eigenvalue weighted by Crippen LogP contribution is 2.30. The van der Waals surface area contributed by atoms with Gasteiger partial charge in [0.25, 0.3) is 11.8 Å². The molecule has 250 valence electrons. The summed E-state index contributed by atoms with van der Waals surface area (Å²) in [4.78, 5) is 67.5. The number of hydrogen-bond donors (Lipinski definition) is 3. The number of amides is 5. The molecule has 0 bridgehead atoms. The van der Waals surface area contributed by atoms with E-state index in [1.165, 1.54) is 23.1 Å². The second kappa shape index (κ2) is 16.8. The van der Waals surface area contributed by atoms with Crippen molar-refractivity contribution in [3.8, 4) is 0 Å². The van der Waals surface area contributed by atoms with Crippen molar-refractivity contribution in [2.45, 2.75) is 50.7 Å². The molecule has 16 heteroatoms. The lowest BCUT2D eigenvalue weighted by Crippen LogP contribution is -2.43. The van der Waals surface area contributed by atoms with Gasteiger partial charge in [0.15, 0.2) is 0 Å². The summed E-state index contributed by atoms with van der Waals surface area (Å²) in [6.07, 6.45) is 1.13. The number of thiophene rings is 1. The topological polar surface area (TPSA) is 178 Å². The number of nitrogens with zero attached hydrogens (tertiary/aromatic N) is 3. The molecule has 2 atom stereocenters. The maximum atomic E-state index is 15.2. The molecule has 0 saturated carbocycles. The predicted octanol–water partition coefficient (Wildman–Crippen LogP) is 2.64. The maximum absolute atomic E-state index is 15.2. The normalized spacial score (nSPS) is 17.2. The van der Waals surface area contributed by atoms with Crippen molar-refractivity contribution in [2.24, 2.45) is 11.5 Å². The van der Waals surface area contributed by atoms with Crippen LogP contribution in [0.3, 0.4) is 0 Å². The van der Waals surface area contributed by atoms with E-state index in [2.05, 4.69) is 5.32 Å². The maximum Gasteiger partial charge on any atom is 0.414 e. The molecule has 1 aromatic heterocycles. The summed E-state index contributed by atoms with van der Waals surface area (Å²) in [5.74, 6) is -2.42. The highest BCUT2D eigenvalue weighted by Gasteiger charge is 2.38. The number of benzene rings is 1. The molecule has 5 amide bonds. The van der Waals surface area contributed by atoms with Gasteiger partial charge >= 0.3 is 6.09 Å². The molecular formula is C30H38ClFN6O7S. The summed E-state index contributed by atoms with van der Waals surface area (Å²) in [6.45, 7) is 0.965. The molecule has 2 aliphatic rings. The van der Waals surface area contributed by atoms with Gasteiger partial charge in [0.2, 0.25) is 11.8 Å². The summed E-state index contributed by atoms with van der Waals surface area (Å²) in [7, 11) is 0. The van der Waals surface area contributed by atoms with Crippen LogP contribution in [0, 0.1) is 5.82 Å². The van der Waals surface area contributed by atoms with Crippen LogP contribution in [0.25, 0.3) is 0 Å². The van der Waals surface area contributed by atoms with Gasteiger partial charge in [-0.05, 0) is 62.6 Å². The molecule has 1 aromatic carbocycles. The molecule has 3 heterocycles. The number of imide groups is 1. The van der Waals surface area contributed by atoms with Crippen LogP contribution in [0.15, 0.2) is 30.3 Å². The number of nitrogens with two attached hydrogens (primary N) is 2. The number of nitrogens with one attached hydrogen (secondary N) is 1. The van der Waals surface area contributed by atoms with Gasteiger partial charge in [-0.25, -0.2) is 9.18 Å². The Morgan fingerprint density at radius 2 is 1.93 bits per heavy atom. The standard InChI is InChI=1S/C30H38ClFN6O7S/c31-25-10-9-24(46-25)29(42)38(26(39)6-2-4-12-35-28(41)22(34)5-1-3-11-33)17-20-16-37(30(43)45-20)23-8-7-19(15-21(23)32)36-13-14-44-18-27(36)40/h7-10,15,20,22H,1-6,11-14,16-18,33-34H2,(H,35,41)/t20-,22+/m1/s1. The third kappa shape index (κ3) is 9.22.